The van der Waals surface area contributed by atoms with Crippen LogP contribution in [0, 0.1) is 0 Å². The van der Waals surface area contributed by atoms with Gasteiger partial charge in [0.25, 0.3) is 0 Å². The SMILES string of the molecule is c1cc2cc(-c3ncc(-c4cnc(C5CCCN5)[nH]4)cn3)ncc2cc1-c1cnc(C2CCCN2)[nH]1. The number of nitrogens with zero attached hydrogens (tertiary/aromatic N) is 5. The number of hydrogen-bond donors (Lipinski definition) is 4. The van der Waals surface area contributed by atoms with E-state index in [1.807, 2.05) is 37.1 Å². The van der Waals surface area contributed by atoms with Gasteiger partial charge >= 0.3 is 0 Å². The first kappa shape index (κ1) is 21.3. The topological polar surface area (TPSA) is 120 Å². The molecule has 180 valence electrons. The van der Waals surface area contributed by atoms with Crippen LogP contribution < -0.4 is 10.6 Å². The lowest BCUT2D eigenvalue weighted by Gasteiger charge is -2.07. The number of pyridine rings is 1. The minimum absolute atomic E-state index is 0.306. The number of H-pyrrole nitrogens is 2. The Morgan fingerprint density at radius 1 is 0.611 bits per heavy atom. The molecule has 2 saturated heterocycles. The van der Waals surface area contributed by atoms with Crippen molar-refractivity contribution in [1.82, 2.24) is 45.5 Å². The largest absolute Gasteiger partial charge is 0.341 e. The third kappa shape index (κ3) is 3.96. The number of rotatable bonds is 5. The number of aromatic nitrogens is 7. The van der Waals surface area contributed by atoms with Gasteiger partial charge in [0.15, 0.2) is 5.82 Å². The summed E-state index contributed by atoms with van der Waals surface area (Å²) in [4.78, 5) is 29.9. The summed E-state index contributed by atoms with van der Waals surface area (Å²) in [6.07, 6.45) is 13.9. The molecule has 2 aliphatic heterocycles. The average molecular weight is 478 g/mol. The fraction of sp³-hybridized carbons (Fsp3) is 0.296. The smallest absolute Gasteiger partial charge is 0.178 e. The van der Waals surface area contributed by atoms with Crippen LogP contribution in [0.5, 0.6) is 0 Å². The third-order valence-electron chi connectivity index (χ3n) is 7.20. The lowest BCUT2D eigenvalue weighted by molar-refractivity contribution is 0.613. The summed E-state index contributed by atoms with van der Waals surface area (Å²) in [6.45, 7) is 2.10. The van der Waals surface area contributed by atoms with Crippen molar-refractivity contribution in [2.24, 2.45) is 0 Å². The zero-order valence-corrected chi connectivity index (χ0v) is 19.8. The molecule has 9 nitrogen and oxygen atoms in total. The van der Waals surface area contributed by atoms with Gasteiger partial charge in [-0.2, -0.15) is 0 Å². The first-order valence-corrected chi connectivity index (χ1v) is 12.6. The van der Waals surface area contributed by atoms with E-state index in [0.29, 0.717) is 17.9 Å². The van der Waals surface area contributed by atoms with E-state index < -0.39 is 0 Å². The van der Waals surface area contributed by atoms with E-state index in [4.69, 9.17) is 0 Å². The maximum Gasteiger partial charge on any atom is 0.178 e. The standard InChI is InChI=1S/C27H27N9/c1-3-20(28-7-1)26-33-14-23(35-26)17-6-5-16-10-22(30-11-18(16)9-17)25-31-12-19(13-32-25)24-15-34-27(36-24)21-4-2-8-29-21/h5-6,9-15,20-21,28-29H,1-4,7-8H2,(H,33,35)(H,34,36). The highest BCUT2D eigenvalue weighted by Crippen LogP contribution is 2.28. The van der Waals surface area contributed by atoms with Gasteiger partial charge in [-0.25, -0.2) is 19.9 Å². The van der Waals surface area contributed by atoms with E-state index in [9.17, 15) is 0 Å². The zero-order chi connectivity index (χ0) is 23.9. The molecule has 5 aromatic rings. The van der Waals surface area contributed by atoms with Crippen LogP contribution >= 0.6 is 0 Å². The van der Waals surface area contributed by atoms with Gasteiger partial charge in [0, 0.05) is 35.1 Å². The molecule has 2 atom stereocenters. The highest BCUT2D eigenvalue weighted by atomic mass is 15.0. The van der Waals surface area contributed by atoms with Gasteiger partial charge < -0.3 is 20.6 Å². The summed E-state index contributed by atoms with van der Waals surface area (Å²) >= 11 is 0. The van der Waals surface area contributed by atoms with Crippen LogP contribution in [0.2, 0.25) is 0 Å². The molecule has 2 aliphatic rings. The average Bonchev–Trinajstić information content (AvgIpc) is 3.75. The van der Waals surface area contributed by atoms with E-state index in [-0.39, 0.29) is 0 Å². The number of hydrogen-bond acceptors (Lipinski definition) is 7. The molecule has 9 heteroatoms. The molecule has 2 fully saturated rings. The zero-order valence-electron chi connectivity index (χ0n) is 19.8. The van der Waals surface area contributed by atoms with Crippen LogP contribution in [0.4, 0.5) is 0 Å². The normalized spacial score (nSPS) is 19.9. The summed E-state index contributed by atoms with van der Waals surface area (Å²) < 4.78 is 0. The molecule has 7 rings (SSSR count). The Kier molecular flexibility index (Phi) is 5.29. The van der Waals surface area contributed by atoms with Gasteiger partial charge in [-0.15, -0.1) is 0 Å². The molecule has 0 amide bonds. The minimum atomic E-state index is 0.306. The van der Waals surface area contributed by atoms with Crippen LogP contribution in [0.25, 0.3) is 44.8 Å². The Balaban J connectivity index is 1.11. The molecule has 36 heavy (non-hydrogen) atoms. The van der Waals surface area contributed by atoms with Crippen molar-refractivity contribution in [1.29, 1.82) is 0 Å². The van der Waals surface area contributed by atoms with Gasteiger partial charge in [0.05, 0.1) is 35.9 Å². The van der Waals surface area contributed by atoms with E-state index in [2.05, 4.69) is 63.7 Å². The van der Waals surface area contributed by atoms with Gasteiger partial charge in [-0.05, 0) is 56.3 Å². The number of nitrogens with one attached hydrogen (secondary N) is 4. The van der Waals surface area contributed by atoms with Crippen LogP contribution in [-0.4, -0.2) is 48.0 Å². The van der Waals surface area contributed by atoms with E-state index in [1.54, 1.807) is 0 Å². The highest BCUT2D eigenvalue weighted by Gasteiger charge is 2.20. The van der Waals surface area contributed by atoms with Crippen LogP contribution in [0.15, 0.2) is 55.2 Å². The van der Waals surface area contributed by atoms with Gasteiger partial charge in [0.1, 0.15) is 17.3 Å². The molecular formula is C27H27N9. The second-order valence-corrected chi connectivity index (χ2v) is 9.59. The van der Waals surface area contributed by atoms with Crippen LogP contribution in [-0.2, 0) is 0 Å². The van der Waals surface area contributed by atoms with E-state index in [1.165, 1.54) is 12.8 Å². The lowest BCUT2D eigenvalue weighted by Crippen LogP contribution is -2.14. The summed E-state index contributed by atoms with van der Waals surface area (Å²) in [6, 6.07) is 9.04. The molecule has 0 bridgehead atoms. The molecule has 0 saturated carbocycles. The molecule has 1 aromatic carbocycles. The number of imidazole rings is 2. The monoisotopic (exact) mass is 477 g/mol. The Bertz CT molecular complexity index is 1510. The Morgan fingerprint density at radius 3 is 1.92 bits per heavy atom. The minimum Gasteiger partial charge on any atom is -0.341 e. The number of aromatic amines is 2. The number of fused-ring (bicyclic) bond motifs is 1. The van der Waals surface area contributed by atoms with Crippen molar-refractivity contribution in [2.75, 3.05) is 13.1 Å². The molecule has 4 N–H and O–H groups in total. The summed E-state index contributed by atoms with van der Waals surface area (Å²) in [5.41, 5.74) is 4.70. The second-order valence-electron chi connectivity index (χ2n) is 9.59. The molecule has 2 unspecified atom stereocenters. The van der Waals surface area contributed by atoms with Crippen LogP contribution in [0.1, 0.15) is 49.4 Å². The predicted molar refractivity (Wildman–Crippen MR) is 138 cm³/mol. The number of benzene rings is 1. The predicted octanol–water partition coefficient (Wildman–Crippen LogP) is 4.32. The van der Waals surface area contributed by atoms with E-state index >= 15 is 0 Å². The Hall–Kier alpha value is -3.95. The molecule has 6 heterocycles. The lowest BCUT2D eigenvalue weighted by atomic mass is 10.1. The van der Waals surface area contributed by atoms with Gasteiger partial charge in [-0.1, -0.05) is 12.1 Å². The third-order valence-corrected chi connectivity index (χ3v) is 7.20. The maximum absolute atomic E-state index is 4.65. The Labute approximate surface area is 208 Å². The van der Waals surface area contributed by atoms with Crippen molar-refractivity contribution < 1.29 is 0 Å². The quantitative estimate of drug-likeness (QED) is 0.297. The fourth-order valence-electron chi connectivity index (χ4n) is 5.19. The molecule has 0 radical (unpaired) electrons. The first-order chi connectivity index (χ1) is 17.8. The van der Waals surface area contributed by atoms with Crippen molar-refractivity contribution in [3.63, 3.8) is 0 Å². The molecule has 0 spiro atoms. The van der Waals surface area contributed by atoms with Gasteiger partial charge in [-0.3, -0.25) is 4.98 Å². The molecule has 4 aromatic heterocycles. The van der Waals surface area contributed by atoms with Crippen LogP contribution in [0.3, 0.4) is 0 Å². The maximum atomic E-state index is 4.65. The first-order valence-electron chi connectivity index (χ1n) is 12.6. The second kappa shape index (κ2) is 8.92. The van der Waals surface area contributed by atoms with E-state index in [0.717, 1.165) is 76.6 Å². The molecular weight excluding hydrogens is 450 g/mol. The summed E-state index contributed by atoms with van der Waals surface area (Å²) in [7, 11) is 0. The van der Waals surface area contributed by atoms with Crippen molar-refractivity contribution in [3.8, 4) is 34.0 Å². The van der Waals surface area contributed by atoms with Crippen molar-refractivity contribution >= 4 is 10.8 Å². The fourth-order valence-corrected chi connectivity index (χ4v) is 5.19. The Morgan fingerprint density at radius 2 is 1.28 bits per heavy atom. The van der Waals surface area contributed by atoms with Gasteiger partial charge in [0.2, 0.25) is 0 Å². The summed E-state index contributed by atoms with van der Waals surface area (Å²) in [5.74, 6) is 2.59. The molecule has 0 aliphatic carbocycles. The highest BCUT2D eigenvalue weighted by molar-refractivity contribution is 5.88. The van der Waals surface area contributed by atoms with Crippen molar-refractivity contribution in [3.05, 3.63) is 66.9 Å². The summed E-state index contributed by atoms with van der Waals surface area (Å²) in [5, 5.41) is 9.12. The van der Waals surface area contributed by atoms with Crippen molar-refractivity contribution in [2.45, 2.75) is 37.8 Å².